The highest BCUT2D eigenvalue weighted by Gasteiger charge is 2.21. The molecular formula is C16H18N2O3S. The molecule has 1 amide bonds. The van der Waals surface area contributed by atoms with E-state index in [0.29, 0.717) is 11.5 Å². The summed E-state index contributed by atoms with van der Waals surface area (Å²) in [6, 6.07) is 5.22. The normalized spacial score (nSPS) is 16.0. The van der Waals surface area contributed by atoms with Crippen LogP contribution in [0, 0.1) is 5.92 Å². The van der Waals surface area contributed by atoms with Crippen LogP contribution < -0.4 is 0 Å². The van der Waals surface area contributed by atoms with Crippen LogP contribution in [0.3, 0.4) is 0 Å². The molecular weight excluding hydrogens is 300 g/mol. The maximum Gasteiger partial charge on any atom is 0.338 e. The zero-order chi connectivity index (χ0) is 15.5. The second-order valence-electron chi connectivity index (χ2n) is 5.67. The number of benzene rings is 1. The average Bonchev–Trinajstić information content (AvgIpc) is 3.00. The molecule has 1 saturated heterocycles. The molecule has 3 rings (SSSR count). The zero-order valence-corrected chi connectivity index (χ0v) is 13.3. The van der Waals surface area contributed by atoms with Crippen LogP contribution in [-0.4, -0.2) is 41.5 Å². The van der Waals surface area contributed by atoms with Crippen molar-refractivity contribution in [1.82, 2.24) is 9.88 Å². The number of carbonyl (C=O) groups excluding carboxylic acids is 2. The summed E-state index contributed by atoms with van der Waals surface area (Å²) >= 11 is 1.47. The van der Waals surface area contributed by atoms with Crippen LogP contribution in [0.4, 0.5) is 0 Å². The predicted molar refractivity (Wildman–Crippen MR) is 84.9 cm³/mol. The Bertz CT molecular complexity index is 690. The highest BCUT2D eigenvalue weighted by Crippen LogP contribution is 2.20. The molecule has 0 atom stereocenters. The van der Waals surface area contributed by atoms with Gasteiger partial charge in [-0.1, -0.05) is 6.92 Å². The van der Waals surface area contributed by atoms with Gasteiger partial charge in [-0.05, 0) is 37.0 Å². The molecule has 0 aliphatic carbocycles. The van der Waals surface area contributed by atoms with E-state index >= 15 is 0 Å². The number of aromatic nitrogens is 1. The Balaban J connectivity index is 1.56. The molecule has 6 heteroatoms. The Hall–Kier alpha value is -1.95. The number of likely N-dealkylation sites (tertiary alicyclic amines) is 1. The van der Waals surface area contributed by atoms with Crippen LogP contribution in [0.25, 0.3) is 10.2 Å². The fraction of sp³-hybridized carbons (Fsp3) is 0.438. The summed E-state index contributed by atoms with van der Waals surface area (Å²) in [6.45, 7) is 3.51. The average molecular weight is 318 g/mol. The van der Waals surface area contributed by atoms with Crippen LogP contribution in [0.2, 0.25) is 0 Å². The number of hydrogen-bond acceptors (Lipinski definition) is 5. The number of ether oxygens (including phenoxy) is 1. The summed E-state index contributed by atoms with van der Waals surface area (Å²) in [6.07, 6.45) is 2.03. The van der Waals surface area contributed by atoms with E-state index < -0.39 is 5.97 Å². The van der Waals surface area contributed by atoms with E-state index in [2.05, 4.69) is 11.9 Å². The SMILES string of the molecule is CC1CCN(C(=O)COC(=O)c2ccc3ncsc3c2)CC1. The molecule has 0 spiro atoms. The van der Waals surface area contributed by atoms with Crippen LogP contribution in [0.1, 0.15) is 30.1 Å². The predicted octanol–water partition coefficient (Wildman–Crippen LogP) is 2.71. The highest BCUT2D eigenvalue weighted by atomic mass is 32.1. The number of nitrogens with zero attached hydrogens (tertiary/aromatic N) is 2. The summed E-state index contributed by atoms with van der Waals surface area (Å²) in [5, 5.41) is 0. The molecule has 1 aliphatic rings. The van der Waals surface area contributed by atoms with Crippen molar-refractivity contribution >= 4 is 33.4 Å². The van der Waals surface area contributed by atoms with Crippen LogP contribution in [0.5, 0.6) is 0 Å². The monoisotopic (exact) mass is 318 g/mol. The van der Waals surface area contributed by atoms with Gasteiger partial charge in [-0.3, -0.25) is 4.79 Å². The number of hydrogen-bond donors (Lipinski definition) is 0. The van der Waals surface area contributed by atoms with Gasteiger partial charge in [0.25, 0.3) is 5.91 Å². The van der Waals surface area contributed by atoms with E-state index in [4.69, 9.17) is 4.74 Å². The van der Waals surface area contributed by atoms with Crippen molar-refractivity contribution in [3.8, 4) is 0 Å². The summed E-state index contributed by atoms with van der Waals surface area (Å²) in [7, 11) is 0. The first-order chi connectivity index (χ1) is 10.6. The first-order valence-corrected chi connectivity index (χ1v) is 8.29. The van der Waals surface area contributed by atoms with E-state index in [1.165, 1.54) is 11.3 Å². The third-order valence-electron chi connectivity index (χ3n) is 4.03. The van der Waals surface area contributed by atoms with Crippen molar-refractivity contribution < 1.29 is 14.3 Å². The number of fused-ring (bicyclic) bond motifs is 1. The Labute approximate surface area is 132 Å². The molecule has 0 radical (unpaired) electrons. The van der Waals surface area contributed by atoms with Crippen molar-refractivity contribution in [3.63, 3.8) is 0 Å². The number of rotatable bonds is 3. The number of carbonyl (C=O) groups is 2. The number of esters is 1. The van der Waals surface area contributed by atoms with Crippen LogP contribution in [-0.2, 0) is 9.53 Å². The van der Waals surface area contributed by atoms with E-state index in [0.717, 1.165) is 36.1 Å². The minimum Gasteiger partial charge on any atom is -0.452 e. The largest absolute Gasteiger partial charge is 0.452 e. The molecule has 2 heterocycles. The van der Waals surface area contributed by atoms with Crippen molar-refractivity contribution in [1.29, 1.82) is 0 Å². The van der Waals surface area contributed by atoms with Crippen molar-refractivity contribution in [2.75, 3.05) is 19.7 Å². The maximum absolute atomic E-state index is 12.1. The van der Waals surface area contributed by atoms with E-state index in [1.807, 2.05) is 0 Å². The molecule has 1 aromatic carbocycles. The lowest BCUT2D eigenvalue weighted by molar-refractivity contribution is -0.135. The Morgan fingerprint density at radius 1 is 1.36 bits per heavy atom. The van der Waals surface area contributed by atoms with Gasteiger partial charge in [0.2, 0.25) is 0 Å². The summed E-state index contributed by atoms with van der Waals surface area (Å²) < 4.78 is 6.09. The van der Waals surface area contributed by atoms with Gasteiger partial charge in [-0.2, -0.15) is 0 Å². The molecule has 0 N–H and O–H groups in total. The molecule has 5 nitrogen and oxygen atoms in total. The van der Waals surface area contributed by atoms with Crippen molar-refractivity contribution in [2.24, 2.45) is 5.92 Å². The quantitative estimate of drug-likeness (QED) is 0.817. The Morgan fingerprint density at radius 3 is 2.91 bits per heavy atom. The number of piperidine rings is 1. The Kier molecular flexibility index (Phi) is 4.38. The lowest BCUT2D eigenvalue weighted by Gasteiger charge is -2.30. The fourth-order valence-corrected chi connectivity index (χ4v) is 3.26. The molecule has 0 saturated carbocycles. The van der Waals surface area contributed by atoms with Crippen LogP contribution >= 0.6 is 11.3 Å². The lowest BCUT2D eigenvalue weighted by atomic mass is 9.99. The Morgan fingerprint density at radius 2 is 2.14 bits per heavy atom. The van der Waals surface area contributed by atoms with Gasteiger partial charge in [0.15, 0.2) is 6.61 Å². The van der Waals surface area contributed by atoms with Gasteiger partial charge in [0.1, 0.15) is 0 Å². The van der Waals surface area contributed by atoms with Crippen molar-refractivity contribution in [3.05, 3.63) is 29.3 Å². The van der Waals surface area contributed by atoms with Gasteiger partial charge in [-0.15, -0.1) is 11.3 Å². The second-order valence-corrected chi connectivity index (χ2v) is 6.56. The summed E-state index contributed by atoms with van der Waals surface area (Å²) in [5.74, 6) is 0.0888. The zero-order valence-electron chi connectivity index (χ0n) is 12.4. The smallest absolute Gasteiger partial charge is 0.338 e. The molecule has 1 aliphatic heterocycles. The molecule has 22 heavy (non-hydrogen) atoms. The third-order valence-corrected chi connectivity index (χ3v) is 4.82. The second kappa shape index (κ2) is 6.44. The van der Waals surface area contributed by atoms with Gasteiger partial charge in [0, 0.05) is 13.1 Å². The van der Waals surface area contributed by atoms with E-state index in [9.17, 15) is 9.59 Å². The molecule has 2 aromatic rings. The molecule has 0 unspecified atom stereocenters. The highest BCUT2D eigenvalue weighted by molar-refractivity contribution is 7.16. The van der Waals surface area contributed by atoms with Gasteiger partial charge in [0.05, 0.1) is 21.3 Å². The summed E-state index contributed by atoms with van der Waals surface area (Å²) in [5.41, 5.74) is 3.05. The summed E-state index contributed by atoms with van der Waals surface area (Å²) in [4.78, 5) is 30.0. The van der Waals surface area contributed by atoms with Crippen LogP contribution in [0.15, 0.2) is 23.7 Å². The minimum absolute atomic E-state index is 0.112. The molecule has 116 valence electrons. The molecule has 1 fully saturated rings. The van der Waals surface area contributed by atoms with Gasteiger partial charge in [-0.25, -0.2) is 9.78 Å². The molecule has 0 bridgehead atoms. The first-order valence-electron chi connectivity index (χ1n) is 7.41. The third kappa shape index (κ3) is 3.27. The fourth-order valence-electron chi connectivity index (χ4n) is 2.54. The van der Waals surface area contributed by atoms with Gasteiger partial charge >= 0.3 is 5.97 Å². The molecule has 1 aromatic heterocycles. The maximum atomic E-state index is 12.1. The lowest BCUT2D eigenvalue weighted by Crippen LogP contribution is -2.40. The standard InChI is InChI=1S/C16H18N2O3S/c1-11-4-6-18(7-5-11)15(19)9-21-16(20)12-2-3-13-14(8-12)22-10-17-13/h2-3,8,10-11H,4-7,9H2,1H3. The topological polar surface area (TPSA) is 59.5 Å². The van der Waals surface area contributed by atoms with E-state index in [-0.39, 0.29) is 12.5 Å². The first kappa shape index (κ1) is 15.0. The number of thiazole rings is 1. The number of amides is 1. The van der Waals surface area contributed by atoms with E-state index in [1.54, 1.807) is 28.6 Å². The minimum atomic E-state index is -0.464. The van der Waals surface area contributed by atoms with Gasteiger partial charge < -0.3 is 9.64 Å². The van der Waals surface area contributed by atoms with Crippen molar-refractivity contribution in [2.45, 2.75) is 19.8 Å².